The predicted molar refractivity (Wildman–Crippen MR) is 132 cm³/mol. The van der Waals surface area contributed by atoms with Crippen LogP contribution in [0.5, 0.6) is 11.5 Å². The third-order valence-electron chi connectivity index (χ3n) is 5.62. The predicted octanol–water partition coefficient (Wildman–Crippen LogP) is 7.57. The highest BCUT2D eigenvalue weighted by Crippen LogP contribution is 2.36. The number of anilines is 3. The fourth-order valence-corrected chi connectivity index (χ4v) is 3.19. The molecule has 0 saturated heterocycles. The van der Waals surface area contributed by atoms with Crippen LogP contribution in [0, 0.1) is 5.92 Å². The van der Waals surface area contributed by atoms with Crippen molar-refractivity contribution in [3.8, 4) is 11.5 Å². The number of hydrogen-bond donors (Lipinski definition) is 0. The summed E-state index contributed by atoms with van der Waals surface area (Å²) >= 11 is 0. The number of nitrogens with zero attached hydrogens (tertiary/aromatic N) is 1. The van der Waals surface area contributed by atoms with Crippen LogP contribution in [-0.2, 0) is 0 Å². The monoisotopic (exact) mass is 431 g/mol. The van der Waals surface area contributed by atoms with Crippen LogP contribution >= 0.6 is 0 Å². The number of carbonyl (C=O) groups excluding carboxylic acids is 1. The lowest BCUT2D eigenvalue weighted by Gasteiger charge is -2.26. The molecule has 0 amide bonds. The fourth-order valence-electron chi connectivity index (χ4n) is 3.19. The normalized spacial score (nSPS) is 12.6. The SMILES string of the molecule is CCC(C)COc1ccc(N(c2ccc(C=O)cc2)c2ccc(OC(C)CC)cc2)cc1. The topological polar surface area (TPSA) is 38.8 Å². The molecule has 3 aromatic carbocycles. The first-order valence-corrected chi connectivity index (χ1v) is 11.4. The van der Waals surface area contributed by atoms with Crippen LogP contribution in [0.15, 0.2) is 72.8 Å². The maximum absolute atomic E-state index is 11.1. The molecule has 2 atom stereocenters. The van der Waals surface area contributed by atoms with E-state index >= 15 is 0 Å². The van der Waals surface area contributed by atoms with Gasteiger partial charge in [0.2, 0.25) is 0 Å². The van der Waals surface area contributed by atoms with Gasteiger partial charge in [0, 0.05) is 22.6 Å². The molecular formula is C28H33NO3. The lowest BCUT2D eigenvalue weighted by atomic mass is 10.1. The van der Waals surface area contributed by atoms with Gasteiger partial charge in [0.05, 0.1) is 12.7 Å². The zero-order valence-electron chi connectivity index (χ0n) is 19.5. The van der Waals surface area contributed by atoms with Gasteiger partial charge in [-0.25, -0.2) is 0 Å². The second kappa shape index (κ2) is 11.4. The second-order valence-electron chi connectivity index (χ2n) is 8.19. The van der Waals surface area contributed by atoms with Crippen LogP contribution in [0.3, 0.4) is 0 Å². The molecule has 3 rings (SSSR count). The van der Waals surface area contributed by atoms with Gasteiger partial charge in [-0.3, -0.25) is 4.79 Å². The largest absolute Gasteiger partial charge is 0.493 e. The van der Waals surface area contributed by atoms with Crippen LogP contribution in [0.4, 0.5) is 17.1 Å². The minimum Gasteiger partial charge on any atom is -0.493 e. The zero-order valence-corrected chi connectivity index (χ0v) is 19.5. The third-order valence-corrected chi connectivity index (χ3v) is 5.62. The van der Waals surface area contributed by atoms with Gasteiger partial charge in [-0.1, -0.05) is 27.2 Å². The minimum absolute atomic E-state index is 0.177. The lowest BCUT2D eigenvalue weighted by Crippen LogP contribution is -2.12. The van der Waals surface area contributed by atoms with Gasteiger partial charge in [-0.05, 0) is 92.1 Å². The summed E-state index contributed by atoms with van der Waals surface area (Å²) < 4.78 is 11.9. The van der Waals surface area contributed by atoms with E-state index in [4.69, 9.17) is 9.47 Å². The molecule has 2 unspecified atom stereocenters. The van der Waals surface area contributed by atoms with Gasteiger partial charge < -0.3 is 14.4 Å². The Morgan fingerprint density at radius 1 is 0.750 bits per heavy atom. The maximum Gasteiger partial charge on any atom is 0.150 e. The molecule has 0 heterocycles. The van der Waals surface area contributed by atoms with E-state index < -0.39 is 0 Å². The van der Waals surface area contributed by atoms with Crippen molar-refractivity contribution >= 4 is 23.3 Å². The van der Waals surface area contributed by atoms with Crippen LogP contribution in [-0.4, -0.2) is 19.0 Å². The maximum atomic E-state index is 11.1. The number of rotatable bonds is 11. The average molecular weight is 432 g/mol. The van der Waals surface area contributed by atoms with Crippen molar-refractivity contribution < 1.29 is 14.3 Å². The van der Waals surface area contributed by atoms with E-state index in [-0.39, 0.29) is 6.10 Å². The molecule has 3 aromatic rings. The van der Waals surface area contributed by atoms with Crippen LogP contribution in [0.25, 0.3) is 0 Å². The Hall–Kier alpha value is -3.27. The first-order valence-electron chi connectivity index (χ1n) is 11.4. The summed E-state index contributed by atoms with van der Waals surface area (Å²) in [6.45, 7) is 9.25. The van der Waals surface area contributed by atoms with Crippen LogP contribution in [0.2, 0.25) is 0 Å². The Balaban J connectivity index is 1.89. The van der Waals surface area contributed by atoms with Gasteiger partial charge in [0.15, 0.2) is 0 Å². The van der Waals surface area contributed by atoms with E-state index in [1.54, 1.807) is 0 Å². The molecule has 168 valence electrons. The van der Waals surface area contributed by atoms with Gasteiger partial charge in [0.25, 0.3) is 0 Å². The molecule has 0 fully saturated rings. The van der Waals surface area contributed by atoms with Crippen molar-refractivity contribution in [2.24, 2.45) is 5.92 Å². The van der Waals surface area contributed by atoms with Crippen molar-refractivity contribution in [3.05, 3.63) is 78.4 Å². The highest BCUT2D eigenvalue weighted by Gasteiger charge is 2.13. The summed E-state index contributed by atoms with van der Waals surface area (Å²) in [5.74, 6) is 2.24. The molecule has 0 radical (unpaired) electrons. The third kappa shape index (κ3) is 6.13. The summed E-state index contributed by atoms with van der Waals surface area (Å²) in [7, 11) is 0. The highest BCUT2D eigenvalue weighted by atomic mass is 16.5. The van der Waals surface area contributed by atoms with E-state index in [9.17, 15) is 4.79 Å². The van der Waals surface area contributed by atoms with Crippen LogP contribution in [0.1, 0.15) is 50.9 Å². The quantitative estimate of drug-likeness (QED) is 0.293. The smallest absolute Gasteiger partial charge is 0.150 e. The summed E-state index contributed by atoms with van der Waals surface area (Å²) in [6, 6.07) is 23.8. The molecular weight excluding hydrogens is 398 g/mol. The molecule has 0 saturated carbocycles. The molecule has 0 aromatic heterocycles. The Kier molecular flexibility index (Phi) is 8.32. The van der Waals surface area contributed by atoms with E-state index in [0.717, 1.165) is 47.7 Å². The zero-order chi connectivity index (χ0) is 22.9. The van der Waals surface area contributed by atoms with Crippen molar-refractivity contribution in [2.45, 2.75) is 46.6 Å². The first kappa shape index (κ1) is 23.4. The van der Waals surface area contributed by atoms with Crippen molar-refractivity contribution in [1.29, 1.82) is 0 Å². The second-order valence-corrected chi connectivity index (χ2v) is 8.19. The average Bonchev–Trinajstić information content (AvgIpc) is 2.84. The summed E-state index contributed by atoms with van der Waals surface area (Å²) in [4.78, 5) is 13.3. The van der Waals surface area contributed by atoms with Crippen molar-refractivity contribution in [1.82, 2.24) is 0 Å². The summed E-state index contributed by atoms with van der Waals surface area (Å²) in [6.07, 6.45) is 3.09. The van der Waals surface area contributed by atoms with Crippen LogP contribution < -0.4 is 14.4 Å². The summed E-state index contributed by atoms with van der Waals surface area (Å²) in [5.41, 5.74) is 3.64. The van der Waals surface area contributed by atoms with Crippen molar-refractivity contribution in [3.63, 3.8) is 0 Å². The van der Waals surface area contributed by atoms with Gasteiger partial charge in [0.1, 0.15) is 17.8 Å². The number of ether oxygens (including phenoxy) is 2. The van der Waals surface area contributed by atoms with Gasteiger partial charge >= 0.3 is 0 Å². The van der Waals surface area contributed by atoms with E-state index in [1.807, 2.05) is 48.5 Å². The molecule has 0 aliphatic carbocycles. The Labute approximate surface area is 191 Å². The van der Waals surface area contributed by atoms with Gasteiger partial charge in [-0.2, -0.15) is 0 Å². The molecule has 0 aliphatic rings. The van der Waals surface area contributed by atoms with Crippen molar-refractivity contribution in [2.75, 3.05) is 11.5 Å². The Morgan fingerprint density at radius 3 is 1.72 bits per heavy atom. The number of benzene rings is 3. The molecule has 32 heavy (non-hydrogen) atoms. The fraction of sp³-hybridized carbons (Fsp3) is 0.321. The molecule has 0 aliphatic heterocycles. The van der Waals surface area contributed by atoms with Gasteiger partial charge in [-0.15, -0.1) is 0 Å². The number of carbonyl (C=O) groups is 1. The Bertz CT molecular complexity index is 965. The molecule has 4 nitrogen and oxygen atoms in total. The number of hydrogen-bond acceptors (Lipinski definition) is 4. The first-order chi connectivity index (χ1) is 15.5. The number of aldehydes is 1. The lowest BCUT2D eigenvalue weighted by molar-refractivity contribution is 0.112. The minimum atomic E-state index is 0.177. The highest BCUT2D eigenvalue weighted by molar-refractivity contribution is 5.80. The summed E-state index contributed by atoms with van der Waals surface area (Å²) in [5, 5.41) is 0. The van der Waals surface area contributed by atoms with E-state index in [2.05, 4.69) is 56.9 Å². The van der Waals surface area contributed by atoms with E-state index in [1.165, 1.54) is 0 Å². The molecule has 0 N–H and O–H groups in total. The molecule has 4 heteroatoms. The molecule has 0 spiro atoms. The standard InChI is InChI=1S/C28H33NO3/c1-5-21(3)20-31-27-15-11-25(12-16-27)29(24-9-7-23(19-30)8-10-24)26-13-17-28(18-14-26)32-22(4)6-2/h7-19,21-22H,5-6,20H2,1-4H3. The van der Waals surface area contributed by atoms with E-state index in [0.29, 0.717) is 18.1 Å². The molecule has 0 bridgehead atoms. The Morgan fingerprint density at radius 2 is 1.25 bits per heavy atom.